The number of aryl methyl sites for hydroxylation is 1. The fourth-order valence-corrected chi connectivity index (χ4v) is 4.26. The van der Waals surface area contributed by atoms with Crippen LogP contribution in [-0.4, -0.2) is 4.98 Å². The number of benzene rings is 1. The molecule has 1 heterocycles. The molecule has 1 fully saturated rings. The number of thiazole rings is 1. The fraction of sp³-hybridized carbons (Fsp3) is 0.438. The molecule has 2 aromatic rings. The van der Waals surface area contributed by atoms with Crippen LogP contribution in [0.25, 0.3) is 10.4 Å². The summed E-state index contributed by atoms with van der Waals surface area (Å²) in [4.78, 5) is 6.19. The van der Waals surface area contributed by atoms with Gasteiger partial charge in [0.25, 0.3) is 0 Å². The lowest BCUT2D eigenvalue weighted by Crippen LogP contribution is -1.95. The topological polar surface area (TPSA) is 12.9 Å². The second-order valence-corrected chi connectivity index (χ2v) is 6.63. The third-order valence-corrected chi connectivity index (χ3v) is 5.44. The van der Waals surface area contributed by atoms with Crippen molar-refractivity contribution in [1.82, 2.24) is 4.98 Å². The molecule has 100 valence electrons. The van der Waals surface area contributed by atoms with Gasteiger partial charge in [-0.25, -0.2) is 4.98 Å². The summed E-state index contributed by atoms with van der Waals surface area (Å²) >= 11 is 8.19. The predicted molar refractivity (Wildman–Crippen MR) is 83.1 cm³/mol. The van der Waals surface area contributed by atoms with Crippen LogP contribution < -0.4 is 0 Å². The average Bonchev–Trinajstić information content (AvgIpc) is 3.08. The summed E-state index contributed by atoms with van der Waals surface area (Å²) in [7, 11) is 0. The second-order valence-electron chi connectivity index (χ2n) is 5.14. The van der Waals surface area contributed by atoms with E-state index in [1.165, 1.54) is 41.3 Å². The molecule has 1 aromatic carbocycles. The minimum atomic E-state index is 0.642. The monoisotopic (exact) mass is 291 g/mol. The van der Waals surface area contributed by atoms with Crippen molar-refractivity contribution in [3.8, 4) is 10.4 Å². The molecule has 1 aliphatic rings. The van der Waals surface area contributed by atoms with Gasteiger partial charge in [0.1, 0.15) is 0 Å². The molecule has 19 heavy (non-hydrogen) atoms. The summed E-state index contributed by atoms with van der Waals surface area (Å²) in [5, 5.41) is 2.07. The van der Waals surface area contributed by atoms with Crippen LogP contribution in [0.2, 0.25) is 5.02 Å². The summed E-state index contributed by atoms with van der Waals surface area (Å²) < 4.78 is 0. The summed E-state index contributed by atoms with van der Waals surface area (Å²) in [6.07, 6.45) is 6.25. The van der Waals surface area contributed by atoms with Crippen LogP contribution in [0.5, 0.6) is 0 Å². The van der Waals surface area contributed by atoms with E-state index in [9.17, 15) is 0 Å². The van der Waals surface area contributed by atoms with Crippen molar-refractivity contribution < 1.29 is 0 Å². The van der Waals surface area contributed by atoms with Gasteiger partial charge in [-0.1, -0.05) is 49.6 Å². The molecule has 1 saturated carbocycles. The van der Waals surface area contributed by atoms with Crippen LogP contribution >= 0.6 is 22.9 Å². The number of hydrogen-bond donors (Lipinski definition) is 0. The van der Waals surface area contributed by atoms with Crippen LogP contribution in [0.3, 0.4) is 0 Å². The molecular weight excluding hydrogens is 274 g/mol. The Labute approximate surface area is 123 Å². The van der Waals surface area contributed by atoms with Crippen molar-refractivity contribution in [2.45, 2.75) is 44.9 Å². The Balaban J connectivity index is 2.09. The van der Waals surface area contributed by atoms with E-state index in [1.807, 2.05) is 23.5 Å². The Hall–Kier alpha value is -0.860. The van der Waals surface area contributed by atoms with Gasteiger partial charge >= 0.3 is 0 Å². The molecule has 3 heteroatoms. The summed E-state index contributed by atoms with van der Waals surface area (Å²) in [6.45, 7) is 2.17. The maximum absolute atomic E-state index is 6.37. The minimum absolute atomic E-state index is 0.642. The molecule has 1 aliphatic carbocycles. The third kappa shape index (κ3) is 2.56. The average molecular weight is 292 g/mol. The Bertz CT molecular complexity index is 570. The van der Waals surface area contributed by atoms with Crippen LogP contribution in [0, 0.1) is 0 Å². The number of nitrogens with zero attached hydrogens (tertiary/aromatic N) is 1. The van der Waals surface area contributed by atoms with E-state index in [0.717, 1.165) is 17.0 Å². The molecule has 0 bridgehead atoms. The Morgan fingerprint density at radius 2 is 2.00 bits per heavy atom. The quantitative estimate of drug-likeness (QED) is 0.708. The van der Waals surface area contributed by atoms with E-state index in [4.69, 9.17) is 16.6 Å². The molecule has 0 amide bonds. The molecular formula is C16H18ClNS. The van der Waals surface area contributed by atoms with Crippen molar-refractivity contribution in [1.29, 1.82) is 0 Å². The van der Waals surface area contributed by atoms with Crippen LogP contribution in [0.4, 0.5) is 0 Å². The number of aromatic nitrogens is 1. The highest BCUT2D eigenvalue weighted by molar-refractivity contribution is 7.15. The van der Waals surface area contributed by atoms with Gasteiger partial charge in [-0.2, -0.15) is 0 Å². The highest BCUT2D eigenvalue weighted by Crippen LogP contribution is 2.43. The maximum Gasteiger partial charge on any atom is 0.0932 e. The highest BCUT2D eigenvalue weighted by atomic mass is 35.5. The zero-order valence-electron chi connectivity index (χ0n) is 11.2. The van der Waals surface area contributed by atoms with Gasteiger partial charge in [0.2, 0.25) is 0 Å². The van der Waals surface area contributed by atoms with Crippen molar-refractivity contribution in [2.75, 3.05) is 0 Å². The van der Waals surface area contributed by atoms with Crippen LogP contribution in [0.15, 0.2) is 24.3 Å². The van der Waals surface area contributed by atoms with Crippen LogP contribution in [-0.2, 0) is 6.42 Å². The molecule has 3 rings (SSSR count). The maximum atomic E-state index is 6.37. The van der Waals surface area contributed by atoms with Gasteiger partial charge in [-0.15, -0.1) is 11.3 Å². The zero-order valence-corrected chi connectivity index (χ0v) is 12.7. The molecule has 0 saturated heterocycles. The normalized spacial score (nSPS) is 16.1. The Morgan fingerprint density at radius 1 is 1.26 bits per heavy atom. The summed E-state index contributed by atoms with van der Waals surface area (Å²) in [5.74, 6) is 0.642. The van der Waals surface area contributed by atoms with E-state index in [-0.39, 0.29) is 0 Å². The molecule has 1 nitrogen and oxygen atoms in total. The number of halogens is 1. The van der Waals surface area contributed by atoms with Gasteiger partial charge in [-0.05, 0) is 25.3 Å². The van der Waals surface area contributed by atoms with Crippen LogP contribution in [0.1, 0.15) is 49.2 Å². The lowest BCUT2D eigenvalue weighted by atomic mass is 10.0. The predicted octanol–water partition coefficient (Wildman–Crippen LogP) is 5.68. The van der Waals surface area contributed by atoms with Gasteiger partial charge in [0.05, 0.1) is 15.6 Å². The van der Waals surface area contributed by atoms with E-state index in [1.54, 1.807) is 0 Å². The van der Waals surface area contributed by atoms with Gasteiger partial charge < -0.3 is 0 Å². The number of rotatable bonds is 3. The molecule has 0 unspecified atom stereocenters. The summed E-state index contributed by atoms with van der Waals surface area (Å²) in [6, 6.07) is 8.14. The molecule has 0 atom stereocenters. The first-order valence-electron chi connectivity index (χ1n) is 7.04. The molecule has 0 N–H and O–H groups in total. The van der Waals surface area contributed by atoms with Gasteiger partial charge in [0.15, 0.2) is 0 Å². The van der Waals surface area contributed by atoms with Gasteiger partial charge in [0, 0.05) is 16.5 Å². The van der Waals surface area contributed by atoms with E-state index < -0.39 is 0 Å². The van der Waals surface area contributed by atoms with E-state index >= 15 is 0 Å². The molecule has 1 aromatic heterocycles. The molecule has 0 radical (unpaired) electrons. The first-order valence-corrected chi connectivity index (χ1v) is 8.23. The first-order chi connectivity index (χ1) is 9.29. The van der Waals surface area contributed by atoms with Crippen molar-refractivity contribution in [2.24, 2.45) is 0 Å². The standard InChI is InChI=1S/C16H18ClNS/c1-2-14-18-15(11-7-3-4-8-11)16(19-14)12-9-5-6-10-13(12)17/h5-6,9-11H,2-4,7-8H2,1H3. The van der Waals surface area contributed by atoms with E-state index in [0.29, 0.717) is 5.92 Å². The lowest BCUT2D eigenvalue weighted by molar-refractivity contribution is 0.701. The third-order valence-electron chi connectivity index (χ3n) is 3.86. The van der Waals surface area contributed by atoms with Gasteiger partial charge in [-0.3, -0.25) is 0 Å². The van der Waals surface area contributed by atoms with Crippen molar-refractivity contribution in [3.63, 3.8) is 0 Å². The highest BCUT2D eigenvalue weighted by Gasteiger charge is 2.25. The Kier molecular flexibility index (Phi) is 3.90. The minimum Gasteiger partial charge on any atom is -0.245 e. The zero-order chi connectivity index (χ0) is 13.2. The smallest absolute Gasteiger partial charge is 0.0932 e. The van der Waals surface area contributed by atoms with Crippen molar-refractivity contribution >= 4 is 22.9 Å². The number of hydrogen-bond acceptors (Lipinski definition) is 2. The van der Waals surface area contributed by atoms with E-state index in [2.05, 4.69) is 19.1 Å². The molecule has 0 spiro atoms. The SMILES string of the molecule is CCc1nc(C2CCCC2)c(-c2ccccc2Cl)s1. The van der Waals surface area contributed by atoms with Crippen molar-refractivity contribution in [3.05, 3.63) is 40.0 Å². The molecule has 0 aliphatic heterocycles. The lowest BCUT2D eigenvalue weighted by Gasteiger charge is -2.09. The second kappa shape index (κ2) is 5.64. The first kappa shape index (κ1) is 13.1. The Morgan fingerprint density at radius 3 is 2.68 bits per heavy atom. The summed E-state index contributed by atoms with van der Waals surface area (Å²) in [5.41, 5.74) is 2.45. The largest absolute Gasteiger partial charge is 0.245 e. The fourth-order valence-electron chi connectivity index (χ4n) is 2.84.